The smallest absolute Gasteiger partial charge is 0.328 e. The van der Waals surface area contributed by atoms with Crippen LogP contribution in [0.2, 0.25) is 0 Å². The van der Waals surface area contributed by atoms with Crippen molar-refractivity contribution in [2.75, 3.05) is 12.4 Å². The second kappa shape index (κ2) is 5.36. The summed E-state index contributed by atoms with van der Waals surface area (Å²) in [6.07, 6.45) is 0. The standard InChI is InChI=1S/C14H13N3O2/c1-9(14(18)19-2)16-13-11(8-15)7-10-5-3-4-6-12(10)17-13/h3-7,9H,1-2H3,(H,16,17). The highest BCUT2D eigenvalue weighted by Crippen LogP contribution is 2.20. The van der Waals surface area contributed by atoms with Gasteiger partial charge in [-0.1, -0.05) is 18.2 Å². The topological polar surface area (TPSA) is 75.0 Å². The fourth-order valence-electron chi connectivity index (χ4n) is 1.75. The number of methoxy groups -OCH3 is 1. The van der Waals surface area contributed by atoms with Gasteiger partial charge in [-0.05, 0) is 19.1 Å². The zero-order valence-corrected chi connectivity index (χ0v) is 10.7. The van der Waals surface area contributed by atoms with Crippen LogP contribution in [-0.4, -0.2) is 24.1 Å². The third kappa shape index (κ3) is 2.63. The van der Waals surface area contributed by atoms with Gasteiger partial charge in [0.1, 0.15) is 17.9 Å². The first-order valence-electron chi connectivity index (χ1n) is 5.80. The summed E-state index contributed by atoms with van der Waals surface area (Å²) < 4.78 is 4.63. The van der Waals surface area contributed by atoms with Gasteiger partial charge in [0, 0.05) is 5.39 Å². The molecule has 0 bridgehead atoms. The molecule has 5 heteroatoms. The number of nitriles is 1. The first kappa shape index (κ1) is 12.8. The van der Waals surface area contributed by atoms with Gasteiger partial charge in [-0.25, -0.2) is 9.78 Å². The molecule has 2 aromatic rings. The predicted molar refractivity (Wildman–Crippen MR) is 71.6 cm³/mol. The monoisotopic (exact) mass is 255 g/mol. The van der Waals surface area contributed by atoms with E-state index in [0.29, 0.717) is 11.4 Å². The molecule has 1 heterocycles. The molecule has 19 heavy (non-hydrogen) atoms. The minimum atomic E-state index is -0.564. The van der Waals surface area contributed by atoms with Crippen LogP contribution < -0.4 is 5.32 Å². The molecule has 5 nitrogen and oxygen atoms in total. The van der Waals surface area contributed by atoms with Crippen LogP contribution >= 0.6 is 0 Å². The molecule has 0 amide bonds. The van der Waals surface area contributed by atoms with Crippen molar-refractivity contribution in [3.63, 3.8) is 0 Å². The van der Waals surface area contributed by atoms with Crippen LogP contribution in [0.25, 0.3) is 10.9 Å². The highest BCUT2D eigenvalue weighted by molar-refractivity contribution is 5.84. The number of carbonyl (C=O) groups excluding carboxylic acids is 1. The van der Waals surface area contributed by atoms with Gasteiger partial charge in [0.05, 0.1) is 18.2 Å². The Morgan fingerprint density at radius 1 is 1.47 bits per heavy atom. The molecule has 1 aromatic carbocycles. The third-order valence-electron chi connectivity index (χ3n) is 2.75. The SMILES string of the molecule is COC(=O)C(C)Nc1nc2ccccc2cc1C#N. The Morgan fingerprint density at radius 3 is 2.89 bits per heavy atom. The fraction of sp³-hybridized carbons (Fsp3) is 0.214. The van der Waals surface area contributed by atoms with E-state index in [4.69, 9.17) is 5.26 Å². The van der Waals surface area contributed by atoms with E-state index in [1.54, 1.807) is 13.0 Å². The molecule has 0 fully saturated rings. The van der Waals surface area contributed by atoms with Gasteiger partial charge < -0.3 is 10.1 Å². The van der Waals surface area contributed by atoms with Crippen LogP contribution in [0.4, 0.5) is 5.82 Å². The zero-order chi connectivity index (χ0) is 13.8. The number of hydrogen-bond acceptors (Lipinski definition) is 5. The van der Waals surface area contributed by atoms with Crippen LogP contribution in [-0.2, 0) is 9.53 Å². The summed E-state index contributed by atoms with van der Waals surface area (Å²) in [5.74, 6) is -0.0158. The summed E-state index contributed by atoms with van der Waals surface area (Å²) in [7, 11) is 1.32. The fourth-order valence-corrected chi connectivity index (χ4v) is 1.75. The van der Waals surface area contributed by atoms with Crippen LogP contribution in [0, 0.1) is 11.3 Å². The molecular formula is C14H13N3O2. The summed E-state index contributed by atoms with van der Waals surface area (Å²) in [6, 6.07) is 10.7. The Balaban J connectivity index is 2.42. The number of carbonyl (C=O) groups is 1. The number of nitrogens with zero attached hydrogens (tertiary/aromatic N) is 2. The van der Waals surface area contributed by atoms with Crippen molar-refractivity contribution in [1.82, 2.24) is 4.98 Å². The van der Waals surface area contributed by atoms with Gasteiger partial charge in [-0.2, -0.15) is 5.26 Å². The Labute approximate surface area is 110 Å². The van der Waals surface area contributed by atoms with Crippen molar-refractivity contribution in [2.45, 2.75) is 13.0 Å². The summed E-state index contributed by atoms with van der Waals surface area (Å²) in [6.45, 7) is 1.66. The summed E-state index contributed by atoms with van der Waals surface area (Å²) in [5.41, 5.74) is 1.16. The number of aromatic nitrogens is 1. The second-order valence-electron chi connectivity index (χ2n) is 4.08. The quantitative estimate of drug-likeness (QED) is 0.850. The van der Waals surface area contributed by atoms with Crippen molar-refractivity contribution in [3.8, 4) is 6.07 Å². The molecule has 0 radical (unpaired) electrons. The normalized spacial score (nSPS) is 11.6. The van der Waals surface area contributed by atoms with E-state index in [9.17, 15) is 4.79 Å². The van der Waals surface area contributed by atoms with E-state index in [1.807, 2.05) is 24.3 Å². The molecule has 0 aliphatic heterocycles. The van der Waals surface area contributed by atoms with E-state index in [1.165, 1.54) is 7.11 Å². The van der Waals surface area contributed by atoms with E-state index in [2.05, 4.69) is 21.1 Å². The van der Waals surface area contributed by atoms with Gasteiger partial charge in [-0.3, -0.25) is 0 Å². The maximum absolute atomic E-state index is 11.4. The number of esters is 1. The van der Waals surface area contributed by atoms with E-state index < -0.39 is 12.0 Å². The lowest BCUT2D eigenvalue weighted by Gasteiger charge is -2.13. The largest absolute Gasteiger partial charge is 0.467 e. The van der Waals surface area contributed by atoms with E-state index >= 15 is 0 Å². The molecule has 0 saturated carbocycles. The summed E-state index contributed by atoms with van der Waals surface area (Å²) >= 11 is 0. The minimum absolute atomic E-state index is 0.388. The molecule has 1 unspecified atom stereocenters. The van der Waals surface area contributed by atoms with Crippen molar-refractivity contribution < 1.29 is 9.53 Å². The predicted octanol–water partition coefficient (Wildman–Crippen LogP) is 2.08. The molecule has 1 N–H and O–H groups in total. The highest BCUT2D eigenvalue weighted by atomic mass is 16.5. The first-order valence-corrected chi connectivity index (χ1v) is 5.80. The number of benzene rings is 1. The van der Waals surface area contributed by atoms with Crippen LogP contribution in [0.3, 0.4) is 0 Å². The lowest BCUT2D eigenvalue weighted by molar-refractivity contribution is -0.141. The molecule has 2 rings (SSSR count). The molecule has 0 aliphatic rings. The Hall–Kier alpha value is -2.61. The number of fused-ring (bicyclic) bond motifs is 1. The number of ether oxygens (including phenoxy) is 1. The van der Waals surface area contributed by atoms with Crippen LogP contribution in [0.5, 0.6) is 0 Å². The van der Waals surface area contributed by atoms with E-state index in [0.717, 1.165) is 10.9 Å². The minimum Gasteiger partial charge on any atom is -0.467 e. The highest BCUT2D eigenvalue weighted by Gasteiger charge is 2.15. The molecule has 0 spiro atoms. The average molecular weight is 255 g/mol. The third-order valence-corrected chi connectivity index (χ3v) is 2.75. The molecular weight excluding hydrogens is 242 g/mol. The second-order valence-corrected chi connectivity index (χ2v) is 4.08. The average Bonchev–Trinajstić information content (AvgIpc) is 2.45. The van der Waals surface area contributed by atoms with Gasteiger partial charge in [0.15, 0.2) is 0 Å². The van der Waals surface area contributed by atoms with E-state index in [-0.39, 0.29) is 0 Å². The maximum Gasteiger partial charge on any atom is 0.328 e. The molecule has 0 aliphatic carbocycles. The van der Waals surface area contributed by atoms with Crippen molar-refractivity contribution >= 4 is 22.7 Å². The summed E-state index contributed by atoms with van der Waals surface area (Å²) in [4.78, 5) is 15.7. The lowest BCUT2D eigenvalue weighted by atomic mass is 10.1. The number of pyridine rings is 1. The van der Waals surface area contributed by atoms with Gasteiger partial charge in [-0.15, -0.1) is 0 Å². The Kier molecular flexibility index (Phi) is 3.62. The number of nitrogens with one attached hydrogen (secondary N) is 1. The van der Waals surface area contributed by atoms with Gasteiger partial charge in [0.2, 0.25) is 0 Å². The van der Waals surface area contributed by atoms with Gasteiger partial charge >= 0.3 is 5.97 Å². The Bertz CT molecular complexity index is 661. The Morgan fingerprint density at radius 2 is 2.21 bits per heavy atom. The lowest BCUT2D eigenvalue weighted by Crippen LogP contribution is -2.28. The van der Waals surface area contributed by atoms with Gasteiger partial charge in [0.25, 0.3) is 0 Å². The number of hydrogen-bond donors (Lipinski definition) is 1. The maximum atomic E-state index is 11.4. The molecule has 1 aromatic heterocycles. The number of para-hydroxylation sites is 1. The van der Waals surface area contributed by atoms with Crippen molar-refractivity contribution in [3.05, 3.63) is 35.9 Å². The number of anilines is 1. The molecule has 1 atom stereocenters. The van der Waals surface area contributed by atoms with Crippen molar-refractivity contribution in [2.24, 2.45) is 0 Å². The van der Waals surface area contributed by atoms with Crippen LogP contribution in [0.1, 0.15) is 12.5 Å². The summed E-state index contributed by atoms with van der Waals surface area (Å²) in [5, 5.41) is 12.9. The first-order chi connectivity index (χ1) is 9.15. The molecule has 0 saturated heterocycles. The molecule has 96 valence electrons. The van der Waals surface area contributed by atoms with Crippen molar-refractivity contribution in [1.29, 1.82) is 5.26 Å². The van der Waals surface area contributed by atoms with Crippen LogP contribution in [0.15, 0.2) is 30.3 Å². The zero-order valence-electron chi connectivity index (χ0n) is 10.7. The number of rotatable bonds is 3.